The number of hydrogen-bond acceptors (Lipinski definition) is 4. The van der Waals surface area contributed by atoms with E-state index in [0.717, 1.165) is 13.1 Å². The topological polar surface area (TPSA) is 61.0 Å². The largest absolute Gasteiger partial charge is 0.367 e. The van der Waals surface area contributed by atoms with Gasteiger partial charge in [0.1, 0.15) is 5.02 Å². The lowest BCUT2D eigenvalue weighted by Gasteiger charge is -2.19. The number of aromatic nitrogens is 2. The van der Waals surface area contributed by atoms with Crippen LogP contribution in [-0.4, -0.2) is 41.0 Å². The number of rotatable bonds is 3. The van der Waals surface area contributed by atoms with Crippen LogP contribution in [0.4, 0.5) is 5.82 Å². The molecule has 1 aliphatic rings. The van der Waals surface area contributed by atoms with Crippen LogP contribution >= 0.6 is 11.6 Å². The minimum absolute atomic E-state index is 0.128. The van der Waals surface area contributed by atoms with Crippen molar-refractivity contribution in [2.24, 2.45) is 0 Å². The van der Waals surface area contributed by atoms with Crippen molar-refractivity contribution in [3.8, 4) is 0 Å². The Balaban J connectivity index is 1.99. The molecule has 1 aliphatic heterocycles. The van der Waals surface area contributed by atoms with Crippen molar-refractivity contribution in [3.63, 3.8) is 0 Å². The minimum atomic E-state index is -0.307. The molecule has 1 unspecified atom stereocenters. The molecule has 0 saturated carbocycles. The highest BCUT2D eigenvalue weighted by Crippen LogP contribution is 2.17. The second kappa shape index (κ2) is 4.84. The Morgan fingerprint density at radius 3 is 3.25 bits per heavy atom. The van der Waals surface area contributed by atoms with E-state index in [-0.39, 0.29) is 10.6 Å². The molecule has 1 saturated heterocycles. The zero-order chi connectivity index (χ0) is 11.5. The minimum Gasteiger partial charge on any atom is -0.367 e. The lowest BCUT2D eigenvalue weighted by molar-refractivity contribution is 0.322. The molecule has 0 aromatic carbocycles. The molecule has 16 heavy (non-hydrogen) atoms. The molecule has 0 amide bonds. The van der Waals surface area contributed by atoms with Crippen LogP contribution in [0.25, 0.3) is 0 Å². The first-order valence-electron chi connectivity index (χ1n) is 5.36. The van der Waals surface area contributed by atoms with Gasteiger partial charge >= 0.3 is 0 Å². The first-order valence-corrected chi connectivity index (χ1v) is 5.73. The van der Waals surface area contributed by atoms with Crippen LogP contribution in [0.3, 0.4) is 0 Å². The third-order valence-corrected chi connectivity index (χ3v) is 3.32. The van der Waals surface area contributed by atoms with Crippen molar-refractivity contribution in [3.05, 3.63) is 21.7 Å². The lowest BCUT2D eigenvalue weighted by atomic mass is 10.2. The van der Waals surface area contributed by atoms with Gasteiger partial charge in [-0.1, -0.05) is 11.6 Å². The van der Waals surface area contributed by atoms with Gasteiger partial charge in [0.2, 0.25) is 0 Å². The monoisotopic (exact) mass is 242 g/mol. The average molecular weight is 243 g/mol. The van der Waals surface area contributed by atoms with Gasteiger partial charge in [-0.05, 0) is 26.4 Å². The average Bonchev–Trinajstić information content (AvgIpc) is 2.67. The van der Waals surface area contributed by atoms with E-state index in [0.29, 0.717) is 11.9 Å². The summed E-state index contributed by atoms with van der Waals surface area (Å²) in [5.41, 5.74) is -0.307. The van der Waals surface area contributed by atoms with Crippen molar-refractivity contribution < 1.29 is 0 Å². The zero-order valence-electron chi connectivity index (χ0n) is 9.16. The SMILES string of the molecule is CN1CCCC1CNc1nc[nH]c(=O)c1Cl. The van der Waals surface area contributed by atoms with Gasteiger partial charge < -0.3 is 15.2 Å². The van der Waals surface area contributed by atoms with E-state index in [4.69, 9.17) is 11.6 Å². The van der Waals surface area contributed by atoms with Crippen molar-refractivity contribution in [1.29, 1.82) is 0 Å². The Morgan fingerprint density at radius 1 is 1.75 bits per heavy atom. The van der Waals surface area contributed by atoms with Crippen LogP contribution in [0.5, 0.6) is 0 Å². The van der Waals surface area contributed by atoms with Crippen LogP contribution in [0.1, 0.15) is 12.8 Å². The standard InChI is InChI=1S/C10H15ClN4O/c1-15-4-2-3-7(15)5-12-9-8(11)10(16)14-6-13-9/h6-7H,2-5H2,1H3,(H2,12,13,14,16). The Bertz CT molecular complexity index is 420. The van der Waals surface area contributed by atoms with E-state index < -0.39 is 0 Å². The fourth-order valence-corrected chi connectivity index (χ4v) is 2.13. The molecule has 2 rings (SSSR count). The number of anilines is 1. The molecule has 1 aromatic heterocycles. The first-order chi connectivity index (χ1) is 7.68. The Kier molecular flexibility index (Phi) is 3.46. The number of aromatic amines is 1. The van der Waals surface area contributed by atoms with Gasteiger partial charge in [0, 0.05) is 12.6 Å². The second-order valence-corrected chi connectivity index (χ2v) is 4.43. The van der Waals surface area contributed by atoms with Crippen LogP contribution in [0.2, 0.25) is 5.02 Å². The lowest BCUT2D eigenvalue weighted by Crippen LogP contribution is -2.32. The molecule has 0 aliphatic carbocycles. The summed E-state index contributed by atoms with van der Waals surface area (Å²) in [7, 11) is 2.10. The van der Waals surface area contributed by atoms with Crippen LogP contribution in [-0.2, 0) is 0 Å². The molecule has 2 N–H and O–H groups in total. The molecule has 1 aromatic rings. The Hall–Kier alpha value is -1.07. The molecule has 0 radical (unpaired) electrons. The summed E-state index contributed by atoms with van der Waals surface area (Å²) >= 11 is 5.83. The number of nitrogens with one attached hydrogen (secondary N) is 2. The van der Waals surface area contributed by atoms with E-state index >= 15 is 0 Å². The van der Waals surface area contributed by atoms with Gasteiger partial charge in [-0.3, -0.25) is 4.79 Å². The van der Waals surface area contributed by atoms with Crippen LogP contribution in [0.15, 0.2) is 11.1 Å². The number of nitrogens with zero attached hydrogens (tertiary/aromatic N) is 2. The van der Waals surface area contributed by atoms with Gasteiger partial charge in [0.25, 0.3) is 5.56 Å². The van der Waals surface area contributed by atoms with Gasteiger partial charge in [0.05, 0.1) is 6.33 Å². The van der Waals surface area contributed by atoms with Crippen LogP contribution in [0, 0.1) is 0 Å². The summed E-state index contributed by atoms with van der Waals surface area (Å²) in [6, 6.07) is 0.497. The van der Waals surface area contributed by atoms with Gasteiger partial charge in [-0.15, -0.1) is 0 Å². The molecule has 1 fully saturated rings. The van der Waals surface area contributed by atoms with Crippen molar-refractivity contribution >= 4 is 17.4 Å². The molecular weight excluding hydrogens is 228 g/mol. The van der Waals surface area contributed by atoms with Crippen molar-refractivity contribution in [1.82, 2.24) is 14.9 Å². The Labute approximate surface area is 98.8 Å². The highest BCUT2D eigenvalue weighted by molar-refractivity contribution is 6.32. The maximum atomic E-state index is 11.2. The van der Waals surface area contributed by atoms with E-state index in [9.17, 15) is 4.79 Å². The summed E-state index contributed by atoms with van der Waals surface area (Å²) < 4.78 is 0. The highest BCUT2D eigenvalue weighted by Gasteiger charge is 2.20. The van der Waals surface area contributed by atoms with Gasteiger partial charge in [-0.2, -0.15) is 0 Å². The van der Waals surface area contributed by atoms with E-state index in [1.54, 1.807) is 0 Å². The third-order valence-electron chi connectivity index (χ3n) is 2.97. The molecule has 6 heteroatoms. The molecule has 5 nitrogen and oxygen atoms in total. The second-order valence-electron chi connectivity index (χ2n) is 4.05. The third kappa shape index (κ3) is 2.36. The maximum absolute atomic E-state index is 11.2. The quantitative estimate of drug-likeness (QED) is 0.828. The van der Waals surface area contributed by atoms with Gasteiger partial charge in [-0.25, -0.2) is 4.98 Å². The summed E-state index contributed by atoms with van der Waals surface area (Å²) in [6.45, 7) is 1.90. The number of hydrogen-bond donors (Lipinski definition) is 2. The molecule has 0 spiro atoms. The predicted octanol–water partition coefficient (Wildman–Crippen LogP) is 0.929. The molecule has 88 valence electrons. The smallest absolute Gasteiger partial charge is 0.271 e. The summed E-state index contributed by atoms with van der Waals surface area (Å²) in [6.07, 6.45) is 3.75. The fourth-order valence-electron chi connectivity index (χ4n) is 1.96. The normalized spacial score (nSPS) is 21.2. The summed E-state index contributed by atoms with van der Waals surface area (Å²) in [4.78, 5) is 20.0. The zero-order valence-corrected chi connectivity index (χ0v) is 9.92. The number of likely N-dealkylation sites (tertiary alicyclic amines) is 1. The van der Waals surface area contributed by atoms with Crippen LogP contribution < -0.4 is 10.9 Å². The van der Waals surface area contributed by atoms with E-state index in [1.165, 1.54) is 19.2 Å². The van der Waals surface area contributed by atoms with E-state index in [2.05, 4.69) is 27.2 Å². The predicted molar refractivity (Wildman–Crippen MR) is 64.0 cm³/mol. The summed E-state index contributed by atoms with van der Waals surface area (Å²) in [5, 5.41) is 3.25. The fraction of sp³-hybridized carbons (Fsp3) is 0.600. The van der Waals surface area contributed by atoms with E-state index in [1.807, 2.05) is 0 Å². The van der Waals surface area contributed by atoms with Gasteiger partial charge in [0.15, 0.2) is 5.82 Å². The molecule has 0 bridgehead atoms. The number of likely N-dealkylation sites (N-methyl/N-ethyl adjacent to an activating group) is 1. The highest BCUT2D eigenvalue weighted by atomic mass is 35.5. The maximum Gasteiger partial charge on any atom is 0.271 e. The molecular formula is C10H15ClN4O. The van der Waals surface area contributed by atoms with Crippen molar-refractivity contribution in [2.45, 2.75) is 18.9 Å². The number of H-pyrrole nitrogens is 1. The molecule has 1 atom stereocenters. The molecule has 2 heterocycles. The Morgan fingerprint density at radius 2 is 2.56 bits per heavy atom. The number of halogens is 1. The first kappa shape index (κ1) is 11.4. The van der Waals surface area contributed by atoms with Crippen molar-refractivity contribution in [2.75, 3.05) is 25.5 Å². The summed E-state index contributed by atoms with van der Waals surface area (Å²) in [5.74, 6) is 0.464.